The minimum atomic E-state index is -3.70. The summed E-state index contributed by atoms with van der Waals surface area (Å²) in [5, 5.41) is 0. The first-order valence-electron chi connectivity index (χ1n) is 12.3. The molecule has 0 spiro atoms. The molecule has 1 aliphatic rings. The molecule has 4 rings (SSSR count). The second-order valence-electron chi connectivity index (χ2n) is 9.59. The molecular weight excluding hydrogens is 506 g/mol. The van der Waals surface area contributed by atoms with Crippen LogP contribution in [0.4, 0.5) is 0 Å². The number of hydrogen-bond acceptors (Lipinski definition) is 8. The fourth-order valence-corrected chi connectivity index (χ4v) is 5.21. The topological polar surface area (TPSA) is 122 Å². The third-order valence-electron chi connectivity index (χ3n) is 6.37. The molecule has 2 N–H and O–H groups in total. The van der Waals surface area contributed by atoms with E-state index in [0.717, 1.165) is 28.5 Å². The Hall–Kier alpha value is -3.69. The van der Waals surface area contributed by atoms with Crippen LogP contribution in [0.25, 0.3) is 11.1 Å². The van der Waals surface area contributed by atoms with Gasteiger partial charge in [-0.15, -0.1) is 0 Å². The molecule has 3 aromatic rings. The van der Waals surface area contributed by atoms with Crippen LogP contribution in [-0.4, -0.2) is 45.4 Å². The number of rotatable bonds is 10. The van der Waals surface area contributed by atoms with Gasteiger partial charge in [-0.05, 0) is 53.8 Å². The fourth-order valence-electron chi connectivity index (χ4n) is 4.75. The summed E-state index contributed by atoms with van der Waals surface area (Å²) in [6.45, 7) is 3.57. The predicted molar refractivity (Wildman–Crippen MR) is 143 cm³/mol. The summed E-state index contributed by atoms with van der Waals surface area (Å²) in [5.74, 6) is -1.94. The zero-order valence-electron chi connectivity index (χ0n) is 21.5. The zero-order chi connectivity index (χ0) is 27.4. The molecular formula is C29H31NO7S. The highest BCUT2D eigenvalue weighted by molar-refractivity contribution is 7.86. The van der Waals surface area contributed by atoms with Crippen LogP contribution < -0.4 is 9.92 Å². The molecule has 38 heavy (non-hydrogen) atoms. The van der Waals surface area contributed by atoms with E-state index in [0.29, 0.717) is 5.56 Å². The van der Waals surface area contributed by atoms with Gasteiger partial charge in [0.1, 0.15) is 18.4 Å². The van der Waals surface area contributed by atoms with Gasteiger partial charge in [-0.3, -0.25) is 9.59 Å². The Kier molecular flexibility index (Phi) is 8.18. The van der Waals surface area contributed by atoms with E-state index < -0.39 is 34.0 Å². The number of nitrogens with two attached hydrogens (primary N) is 1. The van der Waals surface area contributed by atoms with Crippen molar-refractivity contribution in [2.45, 2.75) is 44.2 Å². The van der Waals surface area contributed by atoms with Gasteiger partial charge in [-0.2, -0.15) is 8.42 Å². The van der Waals surface area contributed by atoms with Crippen LogP contribution in [0.2, 0.25) is 0 Å². The van der Waals surface area contributed by atoms with E-state index in [1.807, 2.05) is 36.4 Å². The molecule has 0 saturated heterocycles. The van der Waals surface area contributed by atoms with Crippen molar-refractivity contribution in [2.75, 3.05) is 12.9 Å². The van der Waals surface area contributed by atoms with E-state index in [4.69, 9.17) is 19.4 Å². The fraction of sp³-hybridized carbons (Fsp3) is 0.310. The molecule has 1 aliphatic carbocycles. The Bertz CT molecular complexity index is 1370. The van der Waals surface area contributed by atoms with Crippen molar-refractivity contribution in [2.24, 2.45) is 5.73 Å². The van der Waals surface area contributed by atoms with Crippen LogP contribution in [-0.2, 0) is 29.2 Å². The average molecular weight is 538 g/mol. The van der Waals surface area contributed by atoms with Crippen molar-refractivity contribution >= 4 is 22.1 Å². The first kappa shape index (κ1) is 27.3. The molecule has 0 heterocycles. The van der Waals surface area contributed by atoms with Crippen molar-refractivity contribution in [3.63, 3.8) is 0 Å². The lowest BCUT2D eigenvalue weighted by molar-refractivity contribution is -0.149. The summed E-state index contributed by atoms with van der Waals surface area (Å²) in [7, 11) is -3.70. The first-order valence-corrected chi connectivity index (χ1v) is 14.1. The highest BCUT2D eigenvalue weighted by Gasteiger charge is 2.33. The van der Waals surface area contributed by atoms with Crippen LogP contribution >= 0.6 is 0 Å². The second kappa shape index (κ2) is 11.4. The van der Waals surface area contributed by atoms with Gasteiger partial charge in [0.2, 0.25) is 0 Å². The first-order chi connectivity index (χ1) is 18.0. The van der Waals surface area contributed by atoms with Gasteiger partial charge in [0.05, 0.1) is 18.8 Å². The maximum Gasteiger partial charge on any atom is 0.323 e. The maximum atomic E-state index is 13.2. The maximum absolute atomic E-state index is 13.2. The van der Waals surface area contributed by atoms with E-state index >= 15 is 0 Å². The Morgan fingerprint density at radius 3 is 1.97 bits per heavy atom. The lowest BCUT2D eigenvalue weighted by Gasteiger charge is -2.24. The largest absolute Gasteiger partial charge is 0.464 e. The highest BCUT2D eigenvalue weighted by atomic mass is 32.2. The monoisotopic (exact) mass is 537 g/mol. The molecule has 3 aromatic carbocycles. The summed E-state index contributed by atoms with van der Waals surface area (Å²) in [6.07, 6.45) is 0.452. The quantitative estimate of drug-likeness (QED) is 0.303. The van der Waals surface area contributed by atoms with Gasteiger partial charge < -0.3 is 19.4 Å². The summed E-state index contributed by atoms with van der Waals surface area (Å²) in [5.41, 5.74) is 11.3. The Labute approximate surface area is 222 Å². The van der Waals surface area contributed by atoms with E-state index in [-0.39, 0.29) is 30.8 Å². The minimum Gasteiger partial charge on any atom is -0.464 e. The normalized spacial score (nSPS) is 14.3. The van der Waals surface area contributed by atoms with Gasteiger partial charge >= 0.3 is 22.1 Å². The lowest BCUT2D eigenvalue weighted by atomic mass is 9.88. The molecule has 200 valence electrons. The summed E-state index contributed by atoms with van der Waals surface area (Å²) >= 11 is 0. The Morgan fingerprint density at radius 1 is 0.895 bits per heavy atom. The number of hydrogen-bond donors (Lipinski definition) is 1. The van der Waals surface area contributed by atoms with Gasteiger partial charge in [0.25, 0.3) is 0 Å². The third kappa shape index (κ3) is 6.41. The Balaban J connectivity index is 1.53. The SMILES string of the molecule is CC(C)OC(=O)CC(c1ccc(OS(C)(=O)=O)cc1)C(N)C(=O)OCC1c2ccccc2-c2ccccc21. The number of esters is 2. The van der Waals surface area contributed by atoms with Crippen molar-refractivity contribution in [3.8, 4) is 16.9 Å². The van der Waals surface area contributed by atoms with Crippen molar-refractivity contribution in [1.29, 1.82) is 0 Å². The zero-order valence-corrected chi connectivity index (χ0v) is 22.3. The van der Waals surface area contributed by atoms with Crippen molar-refractivity contribution in [1.82, 2.24) is 0 Å². The van der Waals surface area contributed by atoms with Gasteiger partial charge in [0.15, 0.2) is 0 Å². The molecule has 0 radical (unpaired) electrons. The summed E-state index contributed by atoms with van der Waals surface area (Å²) < 4.78 is 38.8. The second-order valence-corrected chi connectivity index (χ2v) is 11.2. The number of benzene rings is 3. The van der Waals surface area contributed by atoms with Crippen molar-refractivity contribution < 1.29 is 31.7 Å². The molecule has 8 nitrogen and oxygen atoms in total. The number of ether oxygens (including phenoxy) is 2. The molecule has 0 aromatic heterocycles. The van der Waals surface area contributed by atoms with Crippen molar-refractivity contribution in [3.05, 3.63) is 89.5 Å². The van der Waals surface area contributed by atoms with Crippen LogP contribution in [0.3, 0.4) is 0 Å². The van der Waals surface area contributed by atoms with Crippen LogP contribution in [0, 0.1) is 0 Å². The highest BCUT2D eigenvalue weighted by Crippen LogP contribution is 2.44. The third-order valence-corrected chi connectivity index (χ3v) is 6.87. The predicted octanol–water partition coefficient (Wildman–Crippen LogP) is 4.13. The molecule has 0 bridgehead atoms. The minimum absolute atomic E-state index is 0.102. The van der Waals surface area contributed by atoms with Crippen LogP contribution in [0.15, 0.2) is 72.8 Å². The van der Waals surface area contributed by atoms with E-state index in [1.165, 1.54) is 12.1 Å². The van der Waals surface area contributed by atoms with E-state index in [2.05, 4.69) is 12.1 Å². The lowest BCUT2D eigenvalue weighted by Crippen LogP contribution is -2.40. The van der Waals surface area contributed by atoms with Gasteiger partial charge in [-0.25, -0.2) is 0 Å². The smallest absolute Gasteiger partial charge is 0.323 e. The van der Waals surface area contributed by atoms with Crippen LogP contribution in [0.1, 0.15) is 48.8 Å². The van der Waals surface area contributed by atoms with E-state index in [1.54, 1.807) is 26.0 Å². The molecule has 2 atom stereocenters. The van der Waals surface area contributed by atoms with E-state index in [9.17, 15) is 18.0 Å². The van der Waals surface area contributed by atoms with Crippen LogP contribution in [0.5, 0.6) is 5.75 Å². The summed E-state index contributed by atoms with van der Waals surface area (Å²) in [4.78, 5) is 25.7. The standard InChI is InChI=1S/C29H31NO7S/c1-18(2)36-27(31)16-25(19-12-14-20(15-13-19)37-38(3,33)34)28(30)29(32)35-17-26-23-10-6-4-8-21(23)22-9-5-7-11-24(22)26/h4-15,18,25-26,28H,16-17,30H2,1-3H3. The number of carbonyl (C=O) groups is 2. The molecule has 0 saturated carbocycles. The molecule has 0 amide bonds. The van der Waals surface area contributed by atoms with Gasteiger partial charge in [0, 0.05) is 11.8 Å². The van der Waals surface area contributed by atoms with Gasteiger partial charge in [-0.1, -0.05) is 60.7 Å². The molecule has 0 fully saturated rings. The molecule has 0 aliphatic heterocycles. The molecule has 2 unspecified atom stereocenters. The Morgan fingerprint density at radius 2 is 1.45 bits per heavy atom. The summed E-state index contributed by atoms with van der Waals surface area (Å²) in [6, 6.07) is 20.9. The molecule has 9 heteroatoms. The number of fused-ring (bicyclic) bond motifs is 3. The average Bonchev–Trinajstić information content (AvgIpc) is 3.18. The number of carbonyl (C=O) groups excluding carboxylic acids is 2.